The first-order chi connectivity index (χ1) is 11.6. The molecule has 118 valence electrons. The van der Waals surface area contributed by atoms with E-state index in [9.17, 15) is 20.0 Å². The zero-order valence-electron chi connectivity index (χ0n) is 12.5. The summed E-state index contributed by atoms with van der Waals surface area (Å²) in [6.07, 6.45) is 2.42. The van der Waals surface area contributed by atoms with E-state index in [4.69, 9.17) is 0 Å². The highest BCUT2D eigenvalue weighted by molar-refractivity contribution is 6.14. The molecule has 5 nitrogen and oxygen atoms in total. The average Bonchev–Trinajstić information content (AvgIpc) is 3.07. The van der Waals surface area contributed by atoms with Crippen LogP contribution in [0.4, 0.5) is 0 Å². The Bertz CT molecular complexity index is 893. The lowest BCUT2D eigenvalue weighted by molar-refractivity contribution is -0.418. The molecule has 0 heterocycles. The molecule has 0 amide bonds. The fraction of sp³-hybridized carbons (Fsp3) is 0. The smallest absolute Gasteiger partial charge is 0.270 e. The third-order valence-corrected chi connectivity index (χ3v) is 3.67. The van der Waals surface area contributed by atoms with Crippen LogP contribution in [0.3, 0.4) is 0 Å². The van der Waals surface area contributed by atoms with E-state index in [-0.39, 0.29) is 28.4 Å². The number of aliphatic hydroxyl groups is 1. The summed E-state index contributed by atoms with van der Waals surface area (Å²) in [5, 5.41) is 21.6. The van der Waals surface area contributed by atoms with Gasteiger partial charge in [-0.15, -0.1) is 0 Å². The lowest BCUT2D eigenvalue weighted by Gasteiger charge is -2.08. The highest BCUT2D eigenvalue weighted by atomic mass is 16.6. The molecular weight excluding hydrogens is 306 g/mol. The highest BCUT2D eigenvalue weighted by Gasteiger charge is 2.28. The van der Waals surface area contributed by atoms with E-state index in [2.05, 4.69) is 0 Å². The van der Waals surface area contributed by atoms with E-state index in [0.29, 0.717) is 11.1 Å². The van der Waals surface area contributed by atoms with Gasteiger partial charge in [0.2, 0.25) is 0 Å². The number of nitrogens with zero attached hydrogens (tertiary/aromatic N) is 1. The Morgan fingerprint density at radius 1 is 0.875 bits per heavy atom. The molecule has 0 aromatic heterocycles. The SMILES string of the molecule is O=C(C1=CC([N+](=O)[O-])=CC1=C(O)c1ccccc1)c1ccccc1. The van der Waals surface area contributed by atoms with Crippen molar-refractivity contribution < 1.29 is 14.8 Å². The van der Waals surface area contributed by atoms with E-state index in [1.54, 1.807) is 60.7 Å². The summed E-state index contributed by atoms with van der Waals surface area (Å²) >= 11 is 0. The molecule has 0 atom stereocenters. The maximum Gasteiger partial charge on any atom is 0.270 e. The molecule has 0 saturated heterocycles. The van der Waals surface area contributed by atoms with Crippen molar-refractivity contribution in [2.45, 2.75) is 0 Å². The van der Waals surface area contributed by atoms with Crippen LogP contribution < -0.4 is 0 Å². The monoisotopic (exact) mass is 319 g/mol. The highest BCUT2D eigenvalue weighted by Crippen LogP contribution is 2.32. The second kappa shape index (κ2) is 6.34. The predicted octanol–water partition coefficient (Wildman–Crippen LogP) is 3.94. The number of carbonyl (C=O) groups excluding carboxylic acids is 1. The first-order valence-electron chi connectivity index (χ1n) is 7.24. The Labute approximate surface area is 138 Å². The van der Waals surface area contributed by atoms with Gasteiger partial charge in [0, 0.05) is 34.4 Å². The molecule has 1 aliphatic carbocycles. The third-order valence-electron chi connectivity index (χ3n) is 3.67. The Kier molecular flexibility index (Phi) is 4.07. The molecule has 2 aromatic rings. The zero-order chi connectivity index (χ0) is 17.1. The van der Waals surface area contributed by atoms with Gasteiger partial charge in [-0.3, -0.25) is 14.9 Å². The molecule has 0 saturated carbocycles. The largest absolute Gasteiger partial charge is 0.507 e. The van der Waals surface area contributed by atoms with Gasteiger partial charge >= 0.3 is 0 Å². The van der Waals surface area contributed by atoms with Crippen LogP contribution in [0, 0.1) is 10.1 Å². The minimum Gasteiger partial charge on any atom is -0.507 e. The molecule has 0 bridgehead atoms. The molecule has 24 heavy (non-hydrogen) atoms. The van der Waals surface area contributed by atoms with Gasteiger partial charge in [-0.2, -0.15) is 0 Å². The van der Waals surface area contributed by atoms with Crippen LogP contribution in [0.2, 0.25) is 0 Å². The first kappa shape index (κ1) is 15.4. The Morgan fingerprint density at radius 2 is 1.42 bits per heavy atom. The molecule has 0 aliphatic heterocycles. The Morgan fingerprint density at radius 3 is 1.96 bits per heavy atom. The number of nitro groups is 1. The van der Waals surface area contributed by atoms with Crippen LogP contribution in [0.1, 0.15) is 15.9 Å². The number of allylic oxidation sites excluding steroid dienone is 4. The lowest BCUT2D eigenvalue weighted by atomic mass is 9.96. The van der Waals surface area contributed by atoms with Crippen molar-refractivity contribution in [3.05, 3.63) is 111 Å². The van der Waals surface area contributed by atoms with Crippen molar-refractivity contribution >= 4 is 11.5 Å². The molecule has 0 unspecified atom stereocenters. The maximum absolute atomic E-state index is 12.7. The van der Waals surface area contributed by atoms with Crippen LogP contribution in [0.25, 0.3) is 5.76 Å². The minimum absolute atomic E-state index is 0.106. The zero-order valence-corrected chi connectivity index (χ0v) is 12.5. The molecule has 2 aromatic carbocycles. The molecule has 5 heteroatoms. The summed E-state index contributed by atoms with van der Waals surface area (Å²) in [4.78, 5) is 23.2. The molecule has 0 fully saturated rings. The number of hydrogen-bond donors (Lipinski definition) is 1. The van der Waals surface area contributed by atoms with E-state index in [0.717, 1.165) is 0 Å². The Hall–Kier alpha value is -3.47. The van der Waals surface area contributed by atoms with Crippen molar-refractivity contribution in [2.24, 2.45) is 0 Å². The molecular formula is C19H13NO4. The van der Waals surface area contributed by atoms with Crippen LogP contribution in [-0.4, -0.2) is 15.8 Å². The van der Waals surface area contributed by atoms with Crippen molar-refractivity contribution in [1.29, 1.82) is 0 Å². The topological polar surface area (TPSA) is 80.4 Å². The number of Topliss-reactive ketones (excluding diaryl/α,β-unsaturated/α-hetero) is 1. The van der Waals surface area contributed by atoms with Gasteiger partial charge in [0.25, 0.3) is 5.70 Å². The second-order valence-corrected chi connectivity index (χ2v) is 5.21. The van der Waals surface area contributed by atoms with Crippen LogP contribution in [0.15, 0.2) is 89.7 Å². The summed E-state index contributed by atoms with van der Waals surface area (Å²) in [6, 6.07) is 17.1. The molecule has 3 rings (SSSR count). The van der Waals surface area contributed by atoms with Gasteiger partial charge in [0.05, 0.1) is 4.92 Å². The standard InChI is InChI=1S/C19H13NO4/c21-18(13-7-3-1-4-8-13)16-11-15(20(23)24)12-17(16)19(22)14-9-5-2-6-10-14/h1-12,21H. The van der Waals surface area contributed by atoms with E-state index in [1.807, 2.05) is 0 Å². The number of ketones is 1. The van der Waals surface area contributed by atoms with E-state index >= 15 is 0 Å². The van der Waals surface area contributed by atoms with Crippen LogP contribution in [-0.2, 0) is 0 Å². The average molecular weight is 319 g/mol. The molecule has 0 spiro atoms. The van der Waals surface area contributed by atoms with Crippen molar-refractivity contribution in [3.8, 4) is 0 Å². The van der Waals surface area contributed by atoms with Crippen molar-refractivity contribution in [2.75, 3.05) is 0 Å². The lowest BCUT2D eigenvalue weighted by Crippen LogP contribution is -2.05. The fourth-order valence-electron chi connectivity index (χ4n) is 2.48. The normalized spacial score (nSPS) is 15.5. The summed E-state index contributed by atoms with van der Waals surface area (Å²) in [7, 11) is 0. The van der Waals surface area contributed by atoms with Crippen LogP contribution in [0.5, 0.6) is 0 Å². The van der Waals surface area contributed by atoms with E-state index in [1.165, 1.54) is 12.2 Å². The first-order valence-corrected chi connectivity index (χ1v) is 7.24. The quantitative estimate of drug-likeness (QED) is 0.400. The summed E-state index contributed by atoms with van der Waals surface area (Å²) < 4.78 is 0. The van der Waals surface area contributed by atoms with Gasteiger partial charge in [-0.1, -0.05) is 60.7 Å². The molecule has 1 aliphatic rings. The molecule has 0 radical (unpaired) electrons. The van der Waals surface area contributed by atoms with Crippen molar-refractivity contribution in [3.63, 3.8) is 0 Å². The van der Waals surface area contributed by atoms with Gasteiger partial charge in [0.15, 0.2) is 5.78 Å². The third kappa shape index (κ3) is 2.87. The minimum atomic E-state index is -0.580. The predicted molar refractivity (Wildman–Crippen MR) is 89.9 cm³/mol. The number of hydrogen-bond acceptors (Lipinski definition) is 4. The van der Waals surface area contributed by atoms with Crippen molar-refractivity contribution in [1.82, 2.24) is 0 Å². The van der Waals surface area contributed by atoms with Gasteiger partial charge < -0.3 is 5.11 Å². The number of rotatable bonds is 4. The van der Waals surface area contributed by atoms with E-state index < -0.39 is 4.92 Å². The van der Waals surface area contributed by atoms with Gasteiger partial charge in [-0.25, -0.2) is 0 Å². The summed E-state index contributed by atoms with van der Waals surface area (Å²) in [6.45, 7) is 0. The van der Waals surface area contributed by atoms with Crippen LogP contribution >= 0.6 is 0 Å². The number of benzene rings is 2. The van der Waals surface area contributed by atoms with Gasteiger partial charge in [-0.05, 0) is 0 Å². The molecule has 1 N–H and O–H groups in total. The second-order valence-electron chi connectivity index (χ2n) is 5.21. The Balaban J connectivity index is 2.11. The maximum atomic E-state index is 12.7. The number of carbonyl (C=O) groups is 1. The summed E-state index contributed by atoms with van der Waals surface area (Å²) in [5.41, 5.74) is 0.919. The fourth-order valence-corrected chi connectivity index (χ4v) is 2.48. The number of aliphatic hydroxyl groups excluding tert-OH is 1. The van der Waals surface area contributed by atoms with Gasteiger partial charge in [0.1, 0.15) is 5.76 Å². The summed E-state index contributed by atoms with van der Waals surface area (Å²) in [5.74, 6) is -0.538.